The third-order valence-corrected chi connectivity index (χ3v) is 7.51. The molecule has 2 heterocycles. The van der Waals surface area contributed by atoms with Crippen LogP contribution in [0.15, 0.2) is 34.2 Å². The number of rotatable bonds is 1. The van der Waals surface area contributed by atoms with Crippen LogP contribution in [-0.2, 0) is 18.0 Å². The van der Waals surface area contributed by atoms with Crippen LogP contribution in [0, 0.1) is 0 Å². The van der Waals surface area contributed by atoms with Crippen molar-refractivity contribution in [3.63, 3.8) is 0 Å². The van der Waals surface area contributed by atoms with Crippen LogP contribution in [-0.4, -0.2) is 29.1 Å². The molecule has 0 unspecified atom stereocenters. The number of para-hydroxylation sites is 1. The van der Waals surface area contributed by atoms with Crippen LogP contribution >= 0.6 is 9.32 Å². The number of carbonyl (C=O) groups excluding carboxylic acids is 2. The standard InChI is InChI=1S/C12H14N2O5S/c1-13-20(17,18-11(15)6-7-12(16)19-20)8-14-9-4-2-3-5-10(9)20/h2-5,8,13,17H,6-7H2,1H3. The summed E-state index contributed by atoms with van der Waals surface area (Å²) in [4.78, 5) is 28.0. The van der Waals surface area contributed by atoms with E-state index in [1.807, 2.05) is 0 Å². The van der Waals surface area contributed by atoms with E-state index in [1.165, 1.54) is 13.1 Å². The number of carbonyl (C=O) groups is 2. The van der Waals surface area contributed by atoms with E-state index in [-0.39, 0.29) is 17.7 Å². The van der Waals surface area contributed by atoms with Crippen molar-refractivity contribution in [3.05, 3.63) is 24.3 Å². The molecule has 1 saturated heterocycles. The molecule has 1 fully saturated rings. The van der Waals surface area contributed by atoms with Crippen LogP contribution in [0.1, 0.15) is 12.8 Å². The largest absolute Gasteiger partial charge is 0.365 e. The molecule has 8 heteroatoms. The monoisotopic (exact) mass is 298 g/mol. The van der Waals surface area contributed by atoms with Crippen LogP contribution < -0.4 is 4.72 Å². The van der Waals surface area contributed by atoms with Gasteiger partial charge in [0.25, 0.3) is 0 Å². The minimum Gasteiger partial charge on any atom is -0.365 e. The normalized spacial score (nSPS) is 28.1. The quantitative estimate of drug-likeness (QED) is 0.822. The van der Waals surface area contributed by atoms with E-state index < -0.39 is 21.3 Å². The molecule has 0 radical (unpaired) electrons. The Morgan fingerprint density at radius 3 is 2.40 bits per heavy atom. The van der Waals surface area contributed by atoms with E-state index in [0.29, 0.717) is 5.69 Å². The van der Waals surface area contributed by atoms with Gasteiger partial charge in [-0.2, -0.15) is 0 Å². The summed E-state index contributed by atoms with van der Waals surface area (Å²) in [5.74, 6) is -1.45. The number of nitrogens with one attached hydrogen (secondary N) is 1. The third kappa shape index (κ3) is 1.41. The molecule has 108 valence electrons. The van der Waals surface area contributed by atoms with Gasteiger partial charge in [-0.3, -0.25) is 14.1 Å². The lowest BCUT2D eigenvalue weighted by atomic mass is 10.3. The number of hydrogen-bond acceptors (Lipinski definition) is 7. The Morgan fingerprint density at radius 2 is 1.80 bits per heavy atom. The van der Waals surface area contributed by atoms with Crippen molar-refractivity contribution in [3.8, 4) is 0 Å². The summed E-state index contributed by atoms with van der Waals surface area (Å²) < 4.78 is 24.6. The van der Waals surface area contributed by atoms with E-state index in [1.54, 1.807) is 18.2 Å². The molecule has 1 aromatic rings. The van der Waals surface area contributed by atoms with Crippen LogP contribution in [0.5, 0.6) is 0 Å². The first-order chi connectivity index (χ1) is 9.35. The minimum absolute atomic E-state index is 0.151. The lowest BCUT2D eigenvalue weighted by molar-refractivity contribution is -0.135. The number of fused-ring (bicyclic) bond motifs is 2. The van der Waals surface area contributed by atoms with Crippen molar-refractivity contribution in [2.24, 2.45) is 4.99 Å². The first kappa shape index (κ1) is 13.1. The van der Waals surface area contributed by atoms with Crippen LogP contribution in [0.2, 0.25) is 0 Å². The molecule has 0 atom stereocenters. The van der Waals surface area contributed by atoms with Gasteiger partial charge in [-0.1, -0.05) is 12.1 Å². The number of hydrogen-bond donors (Lipinski definition) is 2. The second-order valence-electron chi connectivity index (χ2n) is 4.69. The maximum Gasteiger partial charge on any atom is 0.321 e. The van der Waals surface area contributed by atoms with Gasteiger partial charge in [0.05, 0.1) is 18.5 Å². The molecule has 0 bridgehead atoms. The summed E-state index contributed by atoms with van der Waals surface area (Å²) in [7, 11) is -3.97. The summed E-state index contributed by atoms with van der Waals surface area (Å²) in [5, 5.41) is 0. The van der Waals surface area contributed by atoms with E-state index in [9.17, 15) is 14.1 Å². The zero-order chi connectivity index (χ0) is 14.5. The average Bonchev–Trinajstić information content (AvgIpc) is 2.63. The van der Waals surface area contributed by atoms with Crippen LogP contribution in [0.4, 0.5) is 5.69 Å². The molecule has 2 aliphatic rings. The lowest BCUT2D eigenvalue weighted by Crippen LogP contribution is -2.51. The van der Waals surface area contributed by atoms with Gasteiger partial charge in [0.15, 0.2) is 0 Å². The van der Waals surface area contributed by atoms with Gasteiger partial charge in [0.2, 0.25) is 0 Å². The smallest absolute Gasteiger partial charge is 0.321 e. The van der Waals surface area contributed by atoms with Crippen molar-refractivity contribution >= 4 is 32.5 Å². The number of aliphatic imine (C=N–C) groups is 1. The fraction of sp³-hybridized carbons (Fsp3) is 0.250. The minimum atomic E-state index is -5.33. The van der Waals surface area contributed by atoms with Crippen molar-refractivity contribution in [2.75, 3.05) is 7.05 Å². The Kier molecular flexibility index (Phi) is 2.23. The summed E-state index contributed by atoms with van der Waals surface area (Å²) in [5.41, 5.74) is 1.40. The molecule has 1 spiro atoms. The van der Waals surface area contributed by atoms with Crippen molar-refractivity contribution in [1.82, 2.24) is 4.72 Å². The zero-order valence-corrected chi connectivity index (χ0v) is 11.6. The molecule has 7 nitrogen and oxygen atoms in total. The molecular weight excluding hydrogens is 284 g/mol. The summed E-state index contributed by atoms with van der Waals surface area (Å²) in [6.45, 7) is 0. The highest BCUT2D eigenvalue weighted by Gasteiger charge is 2.68. The summed E-state index contributed by atoms with van der Waals surface area (Å²) >= 11 is 0. The van der Waals surface area contributed by atoms with Gasteiger partial charge in [-0.25, -0.2) is 9.71 Å². The fourth-order valence-corrected chi connectivity index (χ4v) is 5.67. The molecule has 1 aromatic carbocycles. The van der Waals surface area contributed by atoms with Crippen molar-refractivity contribution in [1.29, 1.82) is 0 Å². The lowest BCUT2D eigenvalue weighted by Gasteiger charge is -2.66. The first-order valence-electron chi connectivity index (χ1n) is 5.99. The maximum absolute atomic E-state index is 11.9. The predicted molar refractivity (Wildman–Crippen MR) is 73.6 cm³/mol. The highest BCUT2D eigenvalue weighted by molar-refractivity contribution is 8.62. The highest BCUT2D eigenvalue weighted by Crippen LogP contribution is 2.91. The SMILES string of the molecule is CNS12(O)(C=Nc3ccccc31)OC(=O)CCC(=O)O2. The van der Waals surface area contributed by atoms with Gasteiger partial charge >= 0.3 is 11.9 Å². The van der Waals surface area contributed by atoms with Gasteiger partial charge in [-0.05, 0) is 19.2 Å². The van der Waals surface area contributed by atoms with E-state index >= 15 is 0 Å². The summed E-state index contributed by atoms with van der Waals surface area (Å²) in [6, 6.07) is 6.51. The van der Waals surface area contributed by atoms with Gasteiger partial charge in [-0.15, -0.1) is 0 Å². The van der Waals surface area contributed by atoms with Crippen molar-refractivity contribution in [2.45, 2.75) is 17.7 Å². The van der Waals surface area contributed by atoms with Gasteiger partial charge < -0.3 is 8.37 Å². The van der Waals surface area contributed by atoms with Gasteiger partial charge in [0, 0.05) is 0 Å². The fourth-order valence-electron chi connectivity index (χ4n) is 2.34. The molecule has 0 aromatic heterocycles. The second kappa shape index (κ2) is 3.40. The zero-order valence-electron chi connectivity index (χ0n) is 10.7. The van der Waals surface area contributed by atoms with Gasteiger partial charge in [0.1, 0.15) is 19.8 Å². The highest BCUT2D eigenvalue weighted by atomic mass is 32.4. The topological polar surface area (TPSA) is 97.2 Å². The third-order valence-electron chi connectivity index (χ3n) is 3.41. The Balaban J connectivity index is 2.37. The Morgan fingerprint density at radius 1 is 1.20 bits per heavy atom. The van der Waals surface area contributed by atoms with Crippen LogP contribution in [0.3, 0.4) is 0 Å². The van der Waals surface area contributed by atoms with E-state index in [2.05, 4.69) is 9.71 Å². The Bertz CT molecular complexity index is 668. The van der Waals surface area contributed by atoms with Crippen LogP contribution in [0.25, 0.3) is 0 Å². The average molecular weight is 298 g/mol. The first-order valence-corrected chi connectivity index (χ1v) is 8.31. The number of benzene rings is 1. The maximum atomic E-state index is 11.9. The Labute approximate surface area is 114 Å². The Hall–Kier alpha value is -1.90. The summed E-state index contributed by atoms with van der Waals surface area (Å²) in [6.07, 6.45) is -0.311. The van der Waals surface area contributed by atoms with E-state index in [4.69, 9.17) is 8.37 Å². The molecular formula is C12H14N2O5S. The molecule has 3 rings (SSSR count). The molecule has 20 heavy (non-hydrogen) atoms. The van der Waals surface area contributed by atoms with E-state index in [0.717, 1.165) is 5.55 Å². The molecule has 0 amide bonds. The molecule has 0 saturated carbocycles. The predicted octanol–water partition coefficient (Wildman–Crippen LogP) is 1.91. The van der Waals surface area contributed by atoms with Crippen molar-refractivity contribution < 1.29 is 22.5 Å². The molecule has 2 aliphatic heterocycles. The second-order valence-corrected chi connectivity index (χ2v) is 8.82. The molecule has 2 N–H and O–H groups in total. The number of nitrogens with zero attached hydrogens (tertiary/aromatic N) is 1. The molecule has 0 aliphatic carbocycles.